The van der Waals surface area contributed by atoms with Crippen LogP contribution in [0.5, 0.6) is 0 Å². The molecule has 0 saturated carbocycles. The maximum atomic E-state index is 12.4. The number of fused-ring (bicyclic) bond motifs is 1. The van der Waals surface area contributed by atoms with Gasteiger partial charge in [-0.05, 0) is 19.9 Å². The molecule has 0 bridgehead atoms. The molecule has 2 saturated heterocycles. The first-order chi connectivity index (χ1) is 10.8. The zero-order valence-corrected chi connectivity index (χ0v) is 14.3. The molecule has 0 amide bonds. The Balaban J connectivity index is 1.82. The number of nitrogens with zero attached hydrogens (tertiary/aromatic N) is 2. The van der Waals surface area contributed by atoms with Crippen LogP contribution in [0, 0.1) is 0 Å². The number of hydrogen-bond donors (Lipinski definition) is 2. The molecule has 0 radical (unpaired) electrons. The van der Waals surface area contributed by atoms with Gasteiger partial charge in [0.1, 0.15) is 23.4 Å². The monoisotopic (exact) mass is 363 g/mol. The highest BCUT2D eigenvalue weighted by Crippen LogP contribution is 2.60. The van der Waals surface area contributed by atoms with Crippen LogP contribution in [-0.4, -0.2) is 44.8 Å². The number of nitrogens with two attached hydrogens (primary N) is 1. The molecule has 3 rings (SSSR count). The summed E-state index contributed by atoms with van der Waals surface area (Å²) in [5, 5.41) is 9.61. The van der Waals surface area contributed by atoms with E-state index in [4.69, 9.17) is 19.3 Å². The van der Waals surface area contributed by atoms with E-state index in [-0.39, 0.29) is 23.8 Å². The van der Waals surface area contributed by atoms with Crippen LogP contribution in [-0.2, 0) is 18.1 Å². The normalized spacial score (nSPS) is 37.0. The molecule has 1 aromatic heterocycles. The van der Waals surface area contributed by atoms with Crippen LogP contribution in [0.4, 0.5) is 5.82 Å². The molecule has 0 aromatic carbocycles. The summed E-state index contributed by atoms with van der Waals surface area (Å²) in [5.41, 5.74) is 4.90. The van der Waals surface area contributed by atoms with Crippen molar-refractivity contribution < 1.29 is 23.2 Å². The number of hydrogen-bond acceptors (Lipinski definition) is 9. The molecule has 23 heavy (non-hydrogen) atoms. The minimum atomic E-state index is -3.71. The van der Waals surface area contributed by atoms with Crippen molar-refractivity contribution in [3.05, 3.63) is 22.7 Å². The molecule has 5 atom stereocenters. The molecule has 9 nitrogen and oxygen atoms in total. The van der Waals surface area contributed by atoms with Gasteiger partial charge in [0, 0.05) is 6.20 Å². The highest BCUT2D eigenvalue weighted by atomic mass is 32.2. The van der Waals surface area contributed by atoms with Crippen molar-refractivity contribution in [2.45, 2.75) is 42.8 Å². The number of phosphoric acid groups is 1. The molecule has 1 aromatic rings. The van der Waals surface area contributed by atoms with Gasteiger partial charge in [0.25, 0.3) is 0 Å². The summed E-state index contributed by atoms with van der Waals surface area (Å²) in [6, 6.07) is 1.47. The average Bonchev–Trinajstić information content (AvgIpc) is 2.75. The van der Waals surface area contributed by atoms with Gasteiger partial charge in [0.15, 0.2) is 0 Å². The molecule has 128 valence electrons. The molecule has 2 fully saturated rings. The van der Waals surface area contributed by atoms with Crippen LogP contribution in [0.25, 0.3) is 0 Å². The lowest BCUT2D eigenvalue weighted by atomic mass is 10.1. The highest BCUT2D eigenvalue weighted by Gasteiger charge is 2.53. The standard InChI is InChI=1S/C12H18N3O6PS/c1-6(2)20-22(18)19-5-7-10(21-22)9(16)11(23-7)15-4-3-8(13)14-12(15)17/h3-4,6-7,9-11,16H,5H2,1-2H3,(H2,13,14,17)/t7-,9?,10?,11-,22?/m1/s1. The predicted octanol–water partition coefficient (Wildman–Crippen LogP) is 0.749. The third-order valence-electron chi connectivity index (χ3n) is 3.42. The number of nitrogen functional groups attached to an aromatic ring is 1. The van der Waals surface area contributed by atoms with Crippen molar-refractivity contribution in [3.63, 3.8) is 0 Å². The summed E-state index contributed by atoms with van der Waals surface area (Å²) in [5.74, 6) is 0.107. The first-order valence-electron chi connectivity index (χ1n) is 7.08. The lowest BCUT2D eigenvalue weighted by molar-refractivity contribution is -0.0332. The summed E-state index contributed by atoms with van der Waals surface area (Å²) in [6.07, 6.45) is -0.689. The van der Waals surface area contributed by atoms with Crippen molar-refractivity contribution in [1.29, 1.82) is 0 Å². The van der Waals surface area contributed by atoms with E-state index in [1.165, 1.54) is 28.6 Å². The molecular formula is C12H18N3O6PS. The van der Waals surface area contributed by atoms with Gasteiger partial charge in [-0.25, -0.2) is 9.36 Å². The van der Waals surface area contributed by atoms with Gasteiger partial charge in [0.05, 0.1) is 18.0 Å². The number of rotatable bonds is 3. The minimum Gasteiger partial charge on any atom is -0.387 e. The molecule has 3 N–H and O–H groups in total. The van der Waals surface area contributed by atoms with E-state index in [0.29, 0.717) is 0 Å². The molecule has 2 aliphatic rings. The Hall–Kier alpha value is -0.900. The Morgan fingerprint density at radius 3 is 3.00 bits per heavy atom. The number of aliphatic hydroxyl groups excluding tert-OH is 1. The summed E-state index contributed by atoms with van der Waals surface area (Å²) in [7, 11) is -3.71. The van der Waals surface area contributed by atoms with Crippen LogP contribution >= 0.6 is 19.6 Å². The summed E-state index contributed by atoms with van der Waals surface area (Å²) in [4.78, 5) is 15.6. The second-order valence-electron chi connectivity index (χ2n) is 5.57. The minimum absolute atomic E-state index is 0.101. The maximum Gasteiger partial charge on any atom is 0.475 e. The molecule has 3 heterocycles. The van der Waals surface area contributed by atoms with Gasteiger partial charge in [-0.2, -0.15) is 4.98 Å². The second-order valence-corrected chi connectivity index (χ2v) is 8.50. The van der Waals surface area contributed by atoms with Crippen molar-refractivity contribution in [1.82, 2.24) is 9.55 Å². The third kappa shape index (κ3) is 3.33. The lowest BCUT2D eigenvalue weighted by Crippen LogP contribution is -2.40. The fourth-order valence-corrected chi connectivity index (χ4v) is 5.76. The quantitative estimate of drug-likeness (QED) is 0.748. The Morgan fingerprint density at radius 1 is 1.61 bits per heavy atom. The molecule has 11 heteroatoms. The Morgan fingerprint density at radius 2 is 2.35 bits per heavy atom. The van der Waals surface area contributed by atoms with Crippen LogP contribution in [0.15, 0.2) is 17.1 Å². The zero-order valence-electron chi connectivity index (χ0n) is 12.6. The summed E-state index contributed by atoms with van der Waals surface area (Å²) in [6.45, 7) is 3.52. The second kappa shape index (κ2) is 6.19. The first kappa shape index (κ1) is 16.9. The van der Waals surface area contributed by atoms with Crippen LogP contribution in [0.3, 0.4) is 0 Å². The van der Waals surface area contributed by atoms with Gasteiger partial charge in [-0.15, -0.1) is 11.8 Å². The number of aliphatic hydroxyl groups is 1. The van der Waals surface area contributed by atoms with E-state index in [9.17, 15) is 14.5 Å². The van der Waals surface area contributed by atoms with Gasteiger partial charge < -0.3 is 10.8 Å². The predicted molar refractivity (Wildman–Crippen MR) is 84.0 cm³/mol. The fraction of sp³-hybridized carbons (Fsp3) is 0.667. The average molecular weight is 363 g/mol. The van der Waals surface area contributed by atoms with E-state index in [1.54, 1.807) is 13.8 Å². The highest BCUT2D eigenvalue weighted by molar-refractivity contribution is 8.00. The van der Waals surface area contributed by atoms with E-state index in [2.05, 4.69) is 4.98 Å². The van der Waals surface area contributed by atoms with Gasteiger partial charge in [0.2, 0.25) is 0 Å². The summed E-state index contributed by atoms with van der Waals surface area (Å²) < 4.78 is 29.5. The number of anilines is 1. The first-order valence-corrected chi connectivity index (χ1v) is 9.49. The smallest absolute Gasteiger partial charge is 0.387 e. The van der Waals surface area contributed by atoms with Crippen molar-refractivity contribution in [2.75, 3.05) is 12.3 Å². The van der Waals surface area contributed by atoms with Gasteiger partial charge >= 0.3 is 13.5 Å². The number of aromatic nitrogens is 2. The van der Waals surface area contributed by atoms with Crippen molar-refractivity contribution in [2.24, 2.45) is 0 Å². The molecule has 0 aliphatic carbocycles. The van der Waals surface area contributed by atoms with Crippen LogP contribution in [0.1, 0.15) is 19.2 Å². The van der Waals surface area contributed by atoms with E-state index < -0.39 is 31.1 Å². The zero-order chi connectivity index (χ0) is 16.8. The largest absolute Gasteiger partial charge is 0.475 e. The van der Waals surface area contributed by atoms with Gasteiger partial charge in [-0.1, -0.05) is 0 Å². The van der Waals surface area contributed by atoms with Crippen LogP contribution < -0.4 is 11.4 Å². The molecule has 0 spiro atoms. The number of thioether (sulfide) groups is 1. The Labute approximate surface area is 136 Å². The SMILES string of the molecule is CC(C)OP1(=O)OC[C@H]2S[C@@H](n3ccc(N)nc3=O)C(O)C2O1. The Bertz CT molecular complexity index is 698. The van der Waals surface area contributed by atoms with Gasteiger partial charge in [-0.3, -0.25) is 18.1 Å². The van der Waals surface area contributed by atoms with E-state index >= 15 is 0 Å². The molecule has 3 unspecified atom stereocenters. The van der Waals surface area contributed by atoms with Crippen LogP contribution in [0.2, 0.25) is 0 Å². The topological polar surface area (TPSA) is 126 Å². The van der Waals surface area contributed by atoms with Crippen molar-refractivity contribution in [3.8, 4) is 0 Å². The fourth-order valence-electron chi connectivity index (χ4n) is 2.49. The molecular weight excluding hydrogens is 345 g/mol. The third-order valence-corrected chi connectivity index (χ3v) is 6.61. The Kier molecular flexibility index (Phi) is 4.56. The maximum absolute atomic E-state index is 12.4. The van der Waals surface area contributed by atoms with Crippen molar-refractivity contribution >= 4 is 25.4 Å². The van der Waals surface area contributed by atoms with E-state index in [1.807, 2.05) is 0 Å². The van der Waals surface area contributed by atoms with E-state index in [0.717, 1.165) is 0 Å². The summed E-state index contributed by atoms with van der Waals surface area (Å²) >= 11 is 1.30. The molecule has 2 aliphatic heterocycles. The number of phosphoric ester groups is 1. The lowest BCUT2D eigenvalue weighted by Gasteiger charge is -2.32.